The van der Waals surface area contributed by atoms with Gasteiger partial charge in [-0.3, -0.25) is 0 Å². The molecule has 0 spiro atoms. The first-order valence-electron chi connectivity index (χ1n) is 3.96. The summed E-state index contributed by atoms with van der Waals surface area (Å²) in [7, 11) is 0. The second-order valence-corrected chi connectivity index (χ2v) is 2.97. The van der Waals surface area contributed by atoms with Crippen LogP contribution in [0.2, 0.25) is 0 Å². The van der Waals surface area contributed by atoms with Crippen molar-refractivity contribution >= 4 is 6.08 Å². The molecule has 12 heavy (non-hydrogen) atoms. The average molecular weight is 209 g/mol. The van der Waals surface area contributed by atoms with E-state index in [0.29, 0.717) is 0 Å². The summed E-state index contributed by atoms with van der Waals surface area (Å²) in [6.45, 7) is 2.20. The van der Waals surface area contributed by atoms with Crippen molar-refractivity contribution in [3.8, 4) is 0 Å². The molecule has 0 nitrogen and oxygen atoms in total. The molecule has 0 unspecified atom stereocenters. The van der Waals surface area contributed by atoms with Crippen molar-refractivity contribution < 1.29 is 19.5 Å². The number of allylic oxidation sites excluding steroid dienone is 1. The van der Waals surface area contributed by atoms with Gasteiger partial charge >= 0.3 is 0 Å². The number of fused-ring (bicyclic) bond motifs is 1. The van der Waals surface area contributed by atoms with Crippen LogP contribution in [0.5, 0.6) is 0 Å². The zero-order chi connectivity index (χ0) is 7.68. The molecular formula is C11H11Zn-. The molecule has 0 radical (unpaired) electrons. The van der Waals surface area contributed by atoms with Crippen LogP contribution in [0.25, 0.3) is 6.08 Å². The van der Waals surface area contributed by atoms with Crippen LogP contribution in [-0.4, -0.2) is 0 Å². The molecule has 0 amide bonds. The van der Waals surface area contributed by atoms with Gasteiger partial charge in [0.25, 0.3) is 0 Å². The van der Waals surface area contributed by atoms with Crippen molar-refractivity contribution in [3.05, 3.63) is 47.4 Å². The van der Waals surface area contributed by atoms with Crippen LogP contribution in [0.3, 0.4) is 0 Å². The summed E-state index contributed by atoms with van der Waals surface area (Å²) in [6.07, 6.45) is 5.52. The van der Waals surface area contributed by atoms with Crippen LogP contribution >= 0.6 is 0 Å². The molecule has 0 N–H and O–H groups in total. The van der Waals surface area contributed by atoms with Crippen LogP contribution in [0, 0.1) is 5.92 Å². The summed E-state index contributed by atoms with van der Waals surface area (Å²) in [5, 5.41) is 0. The van der Waals surface area contributed by atoms with E-state index in [4.69, 9.17) is 0 Å². The normalized spacial score (nSPS) is 13.6. The van der Waals surface area contributed by atoms with E-state index in [1.165, 1.54) is 17.0 Å². The van der Waals surface area contributed by atoms with Crippen LogP contribution in [0.15, 0.2) is 30.3 Å². The van der Waals surface area contributed by atoms with Gasteiger partial charge < -0.3 is 0 Å². The van der Waals surface area contributed by atoms with E-state index in [9.17, 15) is 0 Å². The zero-order valence-corrected chi connectivity index (χ0v) is 10.3. The van der Waals surface area contributed by atoms with Gasteiger partial charge in [0.15, 0.2) is 0 Å². The first-order valence-corrected chi connectivity index (χ1v) is 3.96. The second-order valence-electron chi connectivity index (χ2n) is 2.97. The molecule has 1 aromatic carbocycles. The fourth-order valence-corrected chi connectivity index (χ4v) is 1.50. The van der Waals surface area contributed by atoms with E-state index in [0.717, 1.165) is 6.42 Å². The fourth-order valence-electron chi connectivity index (χ4n) is 1.50. The predicted octanol–water partition coefficient (Wildman–Crippen LogP) is 3.04. The largest absolute Gasteiger partial charge is 0.182 e. The van der Waals surface area contributed by atoms with Crippen LogP contribution in [-0.2, 0) is 19.5 Å². The van der Waals surface area contributed by atoms with E-state index in [1.54, 1.807) is 0 Å². The molecule has 0 aliphatic heterocycles. The SMILES string of the molecule is C[C-]1CC=Cc2ccccc21.[Zn]. The first kappa shape index (κ1) is 9.54. The number of rotatable bonds is 0. The van der Waals surface area contributed by atoms with E-state index < -0.39 is 0 Å². The Morgan fingerprint density at radius 1 is 1.25 bits per heavy atom. The van der Waals surface area contributed by atoms with Crippen LogP contribution < -0.4 is 0 Å². The third-order valence-electron chi connectivity index (χ3n) is 2.14. The molecule has 2 rings (SSSR count). The molecule has 0 aromatic heterocycles. The molecule has 0 saturated carbocycles. The summed E-state index contributed by atoms with van der Waals surface area (Å²) in [4.78, 5) is 0. The standard InChI is InChI=1S/C11H11.Zn/c1-9-5-4-7-10-6-2-3-8-11(9)10;/h2-4,6-8H,5H2,1H3;/q-1;. The number of benzene rings is 1. The summed E-state index contributed by atoms with van der Waals surface area (Å²) in [5.74, 6) is 1.48. The van der Waals surface area contributed by atoms with Gasteiger partial charge in [-0.25, -0.2) is 0 Å². The van der Waals surface area contributed by atoms with Crippen molar-refractivity contribution in [3.63, 3.8) is 0 Å². The minimum Gasteiger partial charge on any atom is -0.182 e. The molecule has 58 valence electrons. The molecule has 1 aliphatic rings. The van der Waals surface area contributed by atoms with Gasteiger partial charge in [-0.15, -0.1) is 29.8 Å². The number of hydrogen-bond donors (Lipinski definition) is 0. The van der Waals surface area contributed by atoms with E-state index in [-0.39, 0.29) is 19.5 Å². The van der Waals surface area contributed by atoms with Gasteiger partial charge in [0.2, 0.25) is 0 Å². The molecule has 0 heterocycles. The summed E-state index contributed by atoms with van der Waals surface area (Å²) in [5.41, 5.74) is 2.77. The summed E-state index contributed by atoms with van der Waals surface area (Å²) in [6, 6.07) is 8.53. The predicted molar refractivity (Wildman–Crippen MR) is 48.1 cm³/mol. The van der Waals surface area contributed by atoms with E-state index >= 15 is 0 Å². The maximum atomic E-state index is 2.22. The Hall–Kier alpha value is -0.547. The van der Waals surface area contributed by atoms with Gasteiger partial charge in [0.05, 0.1) is 0 Å². The van der Waals surface area contributed by atoms with Crippen molar-refractivity contribution in [2.45, 2.75) is 13.3 Å². The molecule has 0 bridgehead atoms. The van der Waals surface area contributed by atoms with Gasteiger partial charge in [0, 0.05) is 19.5 Å². The van der Waals surface area contributed by atoms with Gasteiger partial charge in [0.1, 0.15) is 0 Å². The van der Waals surface area contributed by atoms with Crippen LogP contribution in [0.4, 0.5) is 0 Å². The third-order valence-corrected chi connectivity index (χ3v) is 2.14. The molecule has 0 fully saturated rings. The van der Waals surface area contributed by atoms with Gasteiger partial charge in [-0.2, -0.15) is 17.5 Å². The Morgan fingerprint density at radius 2 is 2.00 bits per heavy atom. The van der Waals surface area contributed by atoms with Crippen molar-refractivity contribution in [2.24, 2.45) is 0 Å². The topological polar surface area (TPSA) is 0 Å². The Morgan fingerprint density at radius 3 is 2.75 bits per heavy atom. The van der Waals surface area contributed by atoms with Crippen molar-refractivity contribution in [1.29, 1.82) is 0 Å². The Kier molecular flexibility index (Phi) is 3.11. The van der Waals surface area contributed by atoms with E-state index in [1.807, 2.05) is 0 Å². The average Bonchev–Trinajstić information content (AvgIpc) is 2.06. The summed E-state index contributed by atoms with van der Waals surface area (Å²) < 4.78 is 0. The Labute approximate surface area is 86.4 Å². The minimum absolute atomic E-state index is 0. The number of hydrogen-bond acceptors (Lipinski definition) is 0. The minimum atomic E-state index is 0. The van der Waals surface area contributed by atoms with Crippen molar-refractivity contribution in [1.82, 2.24) is 0 Å². The van der Waals surface area contributed by atoms with Crippen molar-refractivity contribution in [2.75, 3.05) is 0 Å². The van der Waals surface area contributed by atoms with Gasteiger partial charge in [-0.1, -0.05) is 19.4 Å². The molecule has 1 aromatic rings. The monoisotopic (exact) mass is 207 g/mol. The van der Waals surface area contributed by atoms with Crippen LogP contribution in [0.1, 0.15) is 24.5 Å². The van der Waals surface area contributed by atoms with E-state index in [2.05, 4.69) is 43.3 Å². The Bertz CT molecular complexity index is 289. The quantitative estimate of drug-likeness (QED) is 0.454. The molecular weight excluding hydrogens is 198 g/mol. The maximum absolute atomic E-state index is 2.22. The van der Waals surface area contributed by atoms with Gasteiger partial charge in [-0.05, 0) is 0 Å². The fraction of sp³-hybridized carbons (Fsp3) is 0.182. The molecule has 1 aliphatic carbocycles. The second kappa shape index (κ2) is 3.91. The maximum Gasteiger partial charge on any atom is 0 e. The first-order chi connectivity index (χ1) is 5.38. The Balaban J connectivity index is 0.000000720. The summed E-state index contributed by atoms with van der Waals surface area (Å²) >= 11 is 0. The zero-order valence-electron chi connectivity index (χ0n) is 7.38. The smallest absolute Gasteiger partial charge is 0 e. The molecule has 0 saturated heterocycles. The molecule has 1 heteroatoms. The molecule has 0 atom stereocenters. The third kappa shape index (κ3) is 1.61.